The second-order valence-corrected chi connectivity index (χ2v) is 15.5. The molecule has 18 nitrogen and oxygen atoms in total. The largest absolute Gasteiger partial charge is 0.492 e. The first-order valence-electron chi connectivity index (χ1n) is 21.7. The molecule has 66 heavy (non-hydrogen) atoms. The molecule has 0 radical (unpaired) electrons. The molecule has 4 aromatic rings. The lowest BCUT2D eigenvalue weighted by Gasteiger charge is -2.32. The van der Waals surface area contributed by atoms with Crippen molar-refractivity contribution in [2.75, 3.05) is 46.4 Å². The van der Waals surface area contributed by atoms with Crippen LogP contribution in [0.4, 0.5) is 0 Å². The summed E-state index contributed by atoms with van der Waals surface area (Å²) in [5.41, 5.74) is 21.6. The molecule has 4 bridgehead atoms. The zero-order valence-corrected chi connectivity index (χ0v) is 37.6. The average molecular weight is 900 g/mol. The van der Waals surface area contributed by atoms with Crippen molar-refractivity contribution in [2.45, 2.75) is 70.6 Å². The fourth-order valence-corrected chi connectivity index (χ4v) is 7.19. The molecule has 3 aromatic carbocycles. The number of nitrogens with one attached hydrogen (secondary N) is 4. The average Bonchev–Trinajstić information content (AvgIpc) is 3.31. The number of unbranched alkanes of at least 4 members (excludes halogenated alkanes) is 1. The molecule has 5 amide bonds. The Morgan fingerprint density at radius 3 is 2.26 bits per heavy atom. The van der Waals surface area contributed by atoms with Gasteiger partial charge in [0.15, 0.2) is 5.82 Å². The Morgan fingerprint density at radius 1 is 0.939 bits per heavy atom. The topological polar surface area (TPSA) is 283 Å². The third kappa shape index (κ3) is 12.7. The number of fused-ring (bicyclic) bond motifs is 5. The predicted octanol–water partition coefficient (Wildman–Crippen LogP) is 1.78. The summed E-state index contributed by atoms with van der Waals surface area (Å²) in [6.45, 7) is 5.51. The first kappa shape index (κ1) is 49.6. The summed E-state index contributed by atoms with van der Waals surface area (Å²) < 4.78 is 12.2. The van der Waals surface area contributed by atoms with E-state index in [1.807, 2.05) is 30.3 Å². The number of hydrogen-bond acceptors (Lipinski definition) is 13. The van der Waals surface area contributed by atoms with Gasteiger partial charge >= 0.3 is 0 Å². The van der Waals surface area contributed by atoms with Gasteiger partial charge in [-0.05, 0) is 92.9 Å². The summed E-state index contributed by atoms with van der Waals surface area (Å²) in [6, 6.07) is 14.5. The number of aromatic nitrogens is 2. The van der Waals surface area contributed by atoms with Crippen LogP contribution in [-0.4, -0.2) is 109 Å². The van der Waals surface area contributed by atoms with Crippen LogP contribution >= 0.6 is 0 Å². The van der Waals surface area contributed by atoms with E-state index in [1.165, 1.54) is 25.1 Å². The van der Waals surface area contributed by atoms with E-state index in [2.05, 4.69) is 50.0 Å². The Bertz CT molecular complexity index is 2500. The van der Waals surface area contributed by atoms with Gasteiger partial charge in [-0.2, -0.15) is 5.26 Å². The first-order chi connectivity index (χ1) is 31.8. The Morgan fingerprint density at radius 2 is 1.62 bits per heavy atom. The number of likely N-dealkylation sites (N-methyl/N-ethyl adjacent to an activating group) is 1. The van der Waals surface area contributed by atoms with Gasteiger partial charge in [-0.25, -0.2) is 9.97 Å². The summed E-state index contributed by atoms with van der Waals surface area (Å²) in [5, 5.41) is 19.8. The summed E-state index contributed by atoms with van der Waals surface area (Å²) in [5.74, 6) is 4.01. The summed E-state index contributed by atoms with van der Waals surface area (Å²) in [7, 11) is 1.41. The highest BCUT2D eigenvalue weighted by Crippen LogP contribution is 2.40. The van der Waals surface area contributed by atoms with Crippen molar-refractivity contribution in [2.24, 2.45) is 17.2 Å². The maximum absolute atomic E-state index is 14.6. The molecule has 4 atom stereocenters. The molecule has 0 aliphatic carbocycles. The summed E-state index contributed by atoms with van der Waals surface area (Å²) >= 11 is 0. The number of ether oxygens (including phenoxy) is 2. The third-order valence-corrected chi connectivity index (χ3v) is 10.6. The van der Waals surface area contributed by atoms with Gasteiger partial charge in [-0.15, -0.1) is 0 Å². The smallest absolute Gasteiger partial charge is 0.255 e. The number of carbonyl (C=O) groups excluding carboxylic acids is 5. The summed E-state index contributed by atoms with van der Waals surface area (Å²) in [6.07, 6.45) is 3.16. The number of nitrogens with zero attached hydrogens (tertiary/aromatic N) is 4. The van der Waals surface area contributed by atoms with E-state index in [1.54, 1.807) is 43.3 Å². The quantitative estimate of drug-likeness (QED) is 0.0625. The van der Waals surface area contributed by atoms with Crippen LogP contribution in [0.5, 0.6) is 11.5 Å². The zero-order chi connectivity index (χ0) is 47.8. The van der Waals surface area contributed by atoms with E-state index >= 15 is 0 Å². The van der Waals surface area contributed by atoms with Crippen LogP contribution < -0.4 is 47.9 Å². The number of nitrogens with two attached hydrogens (primary N) is 3. The second kappa shape index (κ2) is 24.1. The summed E-state index contributed by atoms with van der Waals surface area (Å²) in [4.78, 5) is 80.3. The van der Waals surface area contributed by atoms with Gasteiger partial charge in [-0.1, -0.05) is 30.9 Å². The number of hydrogen-bond donors (Lipinski definition) is 7. The standard InChI is InChI=1S/C48H57N11O7/c1-5-6-7-8-31-9-12-33(13-10-31)43-54-28-37(29(2)55-43)45(61)57-38(17-18-49)48(64)59(4)42-34-14-16-41(66-24-21-52)36(27-34)35-25-32(11-15-40(35)65-23-20-51)26-39(46(62)53-22-19-50)58-44(60)30(3)56-47(42)63/h9-16,25,27-28,30,38-39,42H,5-6,17-18,20-24,26,49,51-52H2,1-4H3,(H,53,62)(H,56,63)(H,57,61)(H,58,60). The second-order valence-electron chi connectivity index (χ2n) is 15.5. The molecule has 18 heteroatoms. The Kier molecular flexibility index (Phi) is 18.1. The molecule has 5 rings (SSSR count). The van der Waals surface area contributed by atoms with Crippen molar-refractivity contribution in [3.8, 4) is 51.9 Å². The van der Waals surface area contributed by atoms with Gasteiger partial charge in [0.2, 0.25) is 23.6 Å². The van der Waals surface area contributed by atoms with Gasteiger partial charge in [0.05, 0.1) is 17.3 Å². The number of aryl methyl sites for hydroxylation is 1. The van der Waals surface area contributed by atoms with Crippen LogP contribution in [0, 0.1) is 30.1 Å². The van der Waals surface area contributed by atoms with Crippen molar-refractivity contribution in [3.63, 3.8) is 0 Å². The number of benzene rings is 3. The van der Waals surface area contributed by atoms with Crippen LogP contribution in [-0.2, 0) is 25.6 Å². The van der Waals surface area contributed by atoms with Gasteiger partial charge in [-0.3, -0.25) is 24.0 Å². The van der Waals surface area contributed by atoms with Gasteiger partial charge in [0, 0.05) is 61.4 Å². The molecule has 1 aliphatic rings. The van der Waals surface area contributed by atoms with E-state index in [-0.39, 0.29) is 57.8 Å². The lowest BCUT2D eigenvalue weighted by molar-refractivity contribution is -0.141. The van der Waals surface area contributed by atoms with Crippen LogP contribution in [0.1, 0.15) is 71.9 Å². The SMILES string of the molecule is CCCC#Cc1ccc(-c2ncc(C(=O)NC(CCN)C(=O)N(C)C3C(=O)NC(C)C(=O)NC(C(=O)NCC#N)Cc4ccc(OCCN)c(c4)-c4cc3ccc4OCCN)c(C)n2)cc1. The predicted molar refractivity (Wildman–Crippen MR) is 247 cm³/mol. The lowest BCUT2D eigenvalue weighted by Crippen LogP contribution is -2.56. The number of rotatable bonds is 16. The van der Waals surface area contributed by atoms with E-state index in [0.717, 1.165) is 24.0 Å². The van der Waals surface area contributed by atoms with E-state index in [9.17, 15) is 24.0 Å². The van der Waals surface area contributed by atoms with Crippen molar-refractivity contribution >= 4 is 29.5 Å². The maximum Gasteiger partial charge on any atom is 0.255 e. The van der Waals surface area contributed by atoms with Crippen LogP contribution in [0.25, 0.3) is 22.5 Å². The maximum atomic E-state index is 14.6. The molecular weight excluding hydrogens is 843 g/mol. The molecule has 4 unspecified atom stereocenters. The lowest BCUT2D eigenvalue weighted by atomic mass is 9.93. The van der Waals surface area contributed by atoms with E-state index < -0.39 is 53.7 Å². The minimum absolute atomic E-state index is 0.000513. The van der Waals surface area contributed by atoms with Crippen LogP contribution in [0.2, 0.25) is 0 Å². The Labute approximate surface area is 384 Å². The molecule has 0 spiro atoms. The molecule has 0 saturated heterocycles. The number of amides is 5. The molecule has 1 aliphatic heterocycles. The number of carbonyl (C=O) groups is 5. The molecule has 2 heterocycles. The zero-order valence-electron chi connectivity index (χ0n) is 37.6. The molecule has 346 valence electrons. The third-order valence-electron chi connectivity index (χ3n) is 10.6. The molecule has 1 aromatic heterocycles. The number of nitriles is 1. The highest BCUT2D eigenvalue weighted by molar-refractivity contribution is 6.00. The highest BCUT2D eigenvalue weighted by Gasteiger charge is 2.36. The van der Waals surface area contributed by atoms with Gasteiger partial charge < -0.3 is 52.8 Å². The van der Waals surface area contributed by atoms with Crippen LogP contribution in [0.15, 0.2) is 66.9 Å². The fraction of sp³-hybridized carbons (Fsp3) is 0.375. The van der Waals surface area contributed by atoms with E-state index in [4.69, 9.17) is 31.9 Å². The van der Waals surface area contributed by atoms with Crippen molar-refractivity contribution in [3.05, 3.63) is 94.8 Å². The van der Waals surface area contributed by atoms with Gasteiger partial charge in [0.1, 0.15) is 55.4 Å². The fourth-order valence-electron chi connectivity index (χ4n) is 7.19. The normalized spacial score (nSPS) is 16.1. The molecule has 10 N–H and O–H groups in total. The van der Waals surface area contributed by atoms with Crippen molar-refractivity contribution < 1.29 is 33.4 Å². The molecule has 0 saturated carbocycles. The molecular formula is C48H57N11O7. The van der Waals surface area contributed by atoms with E-state index in [0.29, 0.717) is 45.3 Å². The Balaban J connectivity index is 1.54. The van der Waals surface area contributed by atoms with Crippen molar-refractivity contribution in [1.82, 2.24) is 36.1 Å². The Hall–Kier alpha value is -7.38. The van der Waals surface area contributed by atoms with Crippen LogP contribution in [0.3, 0.4) is 0 Å². The minimum Gasteiger partial charge on any atom is -0.492 e. The minimum atomic E-state index is -1.41. The highest BCUT2D eigenvalue weighted by atomic mass is 16.5. The molecule has 0 fully saturated rings. The first-order valence-corrected chi connectivity index (χ1v) is 21.7. The van der Waals surface area contributed by atoms with Crippen molar-refractivity contribution in [1.29, 1.82) is 5.26 Å². The van der Waals surface area contributed by atoms with Gasteiger partial charge in [0.25, 0.3) is 5.91 Å². The monoisotopic (exact) mass is 899 g/mol.